The van der Waals surface area contributed by atoms with Crippen LogP contribution in [0, 0.1) is 11.8 Å². The summed E-state index contributed by atoms with van der Waals surface area (Å²) in [5.74, 6) is -0.189. The molecule has 6 rings (SSSR count). The van der Waals surface area contributed by atoms with Gasteiger partial charge in [0.15, 0.2) is 0 Å². The van der Waals surface area contributed by atoms with Crippen molar-refractivity contribution in [2.45, 2.75) is 50.8 Å². The van der Waals surface area contributed by atoms with E-state index in [-0.39, 0.29) is 12.8 Å². The molecule has 0 radical (unpaired) electrons. The first-order chi connectivity index (χ1) is 17.0. The third kappa shape index (κ3) is 4.38. The molecule has 4 aliphatic heterocycles. The van der Waals surface area contributed by atoms with E-state index in [1.165, 1.54) is 17.7 Å². The average Bonchev–Trinajstić information content (AvgIpc) is 3.61. The minimum Gasteiger partial charge on any atom is -0.374 e. The maximum absolute atomic E-state index is 12.6. The maximum atomic E-state index is 12.6. The van der Waals surface area contributed by atoms with Crippen LogP contribution < -0.4 is 4.90 Å². The minimum absolute atomic E-state index is 0.102. The molecule has 188 valence electrons. The van der Waals surface area contributed by atoms with Gasteiger partial charge in [-0.3, -0.25) is 14.5 Å². The van der Waals surface area contributed by atoms with Crippen molar-refractivity contribution in [3.63, 3.8) is 0 Å². The summed E-state index contributed by atoms with van der Waals surface area (Å²) in [6.45, 7) is 5.43. The lowest BCUT2D eigenvalue weighted by molar-refractivity contribution is -0.173. The molecule has 4 heterocycles. The van der Waals surface area contributed by atoms with Gasteiger partial charge in [-0.1, -0.05) is 17.7 Å². The molecular formula is C25H31ClN4O5. The molecule has 10 heteroatoms. The van der Waals surface area contributed by atoms with Gasteiger partial charge in [-0.25, -0.2) is 4.79 Å². The molecule has 5 aliphatic rings. The van der Waals surface area contributed by atoms with Gasteiger partial charge in [0.2, 0.25) is 0 Å². The fourth-order valence-electron chi connectivity index (χ4n) is 6.57. The van der Waals surface area contributed by atoms with Crippen molar-refractivity contribution in [3.05, 3.63) is 28.8 Å². The fourth-order valence-corrected chi connectivity index (χ4v) is 6.73. The molecule has 4 atom stereocenters. The van der Waals surface area contributed by atoms with Crippen LogP contribution in [-0.2, 0) is 25.7 Å². The number of ether oxygens (including phenoxy) is 1. The molecule has 4 saturated heterocycles. The number of benzene rings is 1. The minimum atomic E-state index is -0.604. The molecule has 1 aromatic rings. The van der Waals surface area contributed by atoms with Gasteiger partial charge in [-0.15, -0.1) is 5.06 Å². The van der Waals surface area contributed by atoms with Crippen LogP contribution in [0.3, 0.4) is 0 Å². The summed E-state index contributed by atoms with van der Waals surface area (Å²) < 4.78 is 6.02. The first kappa shape index (κ1) is 23.1. The normalized spacial score (nSPS) is 30.8. The molecule has 0 N–H and O–H groups in total. The molecule has 9 nitrogen and oxygen atoms in total. The monoisotopic (exact) mass is 502 g/mol. The number of anilines is 1. The summed E-state index contributed by atoms with van der Waals surface area (Å²) in [6, 6.07) is 6.65. The second-order valence-electron chi connectivity index (χ2n) is 10.4. The highest BCUT2D eigenvalue weighted by atomic mass is 35.5. The second kappa shape index (κ2) is 9.26. The summed E-state index contributed by atoms with van der Waals surface area (Å²) in [4.78, 5) is 47.8. The number of carbonyl (C=O) groups excluding carboxylic acids is 3. The smallest absolute Gasteiger partial charge is 0.374 e. The zero-order chi connectivity index (χ0) is 24.1. The molecular weight excluding hydrogens is 472 g/mol. The van der Waals surface area contributed by atoms with Crippen LogP contribution in [0.4, 0.5) is 10.5 Å². The molecule has 3 amide bonds. The Morgan fingerprint density at radius 2 is 1.80 bits per heavy atom. The number of likely N-dealkylation sites (tertiary alicyclic amines) is 2. The lowest BCUT2D eigenvalue weighted by Crippen LogP contribution is -2.49. The van der Waals surface area contributed by atoms with Crippen LogP contribution in [0.15, 0.2) is 18.2 Å². The van der Waals surface area contributed by atoms with E-state index in [1.807, 2.05) is 6.07 Å². The van der Waals surface area contributed by atoms with Gasteiger partial charge in [0.25, 0.3) is 11.8 Å². The Balaban J connectivity index is 1.09. The van der Waals surface area contributed by atoms with Gasteiger partial charge in [0.05, 0.1) is 18.8 Å². The van der Waals surface area contributed by atoms with Crippen LogP contribution in [0.25, 0.3) is 0 Å². The van der Waals surface area contributed by atoms with E-state index in [4.69, 9.17) is 21.2 Å². The van der Waals surface area contributed by atoms with Crippen molar-refractivity contribution in [1.82, 2.24) is 14.9 Å². The number of imide groups is 1. The van der Waals surface area contributed by atoms with Gasteiger partial charge in [0.1, 0.15) is 0 Å². The number of fused-ring (bicyclic) bond motifs is 2. The third-order valence-electron chi connectivity index (χ3n) is 8.23. The predicted octanol–water partition coefficient (Wildman–Crippen LogP) is 2.66. The zero-order valence-electron chi connectivity index (χ0n) is 19.7. The molecule has 5 fully saturated rings. The van der Waals surface area contributed by atoms with E-state index < -0.39 is 17.9 Å². The summed E-state index contributed by atoms with van der Waals surface area (Å²) in [7, 11) is 0. The van der Waals surface area contributed by atoms with Crippen LogP contribution in [0.5, 0.6) is 0 Å². The number of amides is 3. The zero-order valence-corrected chi connectivity index (χ0v) is 20.5. The molecule has 0 aromatic heterocycles. The standard InChI is InChI=1S/C25H31ClN4O5/c26-19-5-4-16(21(10-19)29-8-9-34-22-3-1-2-20(22)29)11-27-12-17-14-28(15-18(17)13-27)25(33)35-30-23(31)6-7-24(30)32/h4-5,10,17-18,20,22H,1-3,6-9,11-15H2. The second-order valence-corrected chi connectivity index (χ2v) is 10.9. The van der Waals surface area contributed by atoms with Crippen molar-refractivity contribution in [3.8, 4) is 0 Å². The first-order valence-electron chi connectivity index (χ1n) is 12.7. The van der Waals surface area contributed by atoms with Gasteiger partial charge < -0.3 is 19.4 Å². The number of carbonyl (C=O) groups is 3. The third-order valence-corrected chi connectivity index (χ3v) is 8.46. The molecule has 35 heavy (non-hydrogen) atoms. The highest BCUT2D eigenvalue weighted by molar-refractivity contribution is 6.30. The van der Waals surface area contributed by atoms with Crippen LogP contribution >= 0.6 is 11.6 Å². The largest absolute Gasteiger partial charge is 0.434 e. The Morgan fingerprint density at radius 1 is 1.06 bits per heavy atom. The van der Waals surface area contributed by atoms with Crippen molar-refractivity contribution < 1.29 is 24.0 Å². The van der Waals surface area contributed by atoms with Crippen LogP contribution in [0.2, 0.25) is 5.02 Å². The Bertz CT molecular complexity index is 1010. The fraction of sp³-hybridized carbons (Fsp3) is 0.640. The molecule has 0 spiro atoms. The van der Waals surface area contributed by atoms with E-state index >= 15 is 0 Å². The Morgan fingerprint density at radius 3 is 2.54 bits per heavy atom. The molecule has 1 aliphatic carbocycles. The van der Waals surface area contributed by atoms with Gasteiger partial charge in [-0.05, 0) is 48.8 Å². The number of rotatable bonds is 4. The van der Waals surface area contributed by atoms with E-state index in [1.54, 1.807) is 4.90 Å². The number of hydrogen-bond donors (Lipinski definition) is 0. The van der Waals surface area contributed by atoms with Crippen LogP contribution in [0.1, 0.15) is 37.7 Å². The average molecular weight is 503 g/mol. The highest BCUT2D eigenvalue weighted by Gasteiger charge is 2.44. The Labute approximate surface area is 209 Å². The van der Waals surface area contributed by atoms with E-state index in [0.717, 1.165) is 50.7 Å². The topological polar surface area (TPSA) is 82.6 Å². The van der Waals surface area contributed by atoms with Gasteiger partial charge >= 0.3 is 6.09 Å². The Hall–Kier alpha value is -2.36. The summed E-state index contributed by atoms with van der Waals surface area (Å²) >= 11 is 6.43. The SMILES string of the molecule is O=C(ON1C(=O)CCC1=O)N1CC2CN(Cc3ccc(Cl)cc3N3CCOC4CCCC43)CC2C1. The molecule has 1 aromatic carbocycles. The number of hydrogen-bond acceptors (Lipinski definition) is 7. The lowest BCUT2D eigenvalue weighted by atomic mass is 10.0. The number of hydroxylamine groups is 2. The number of halogens is 1. The van der Waals surface area contributed by atoms with E-state index in [2.05, 4.69) is 21.9 Å². The van der Waals surface area contributed by atoms with Crippen molar-refractivity contribution >= 4 is 35.2 Å². The van der Waals surface area contributed by atoms with Crippen molar-refractivity contribution in [2.24, 2.45) is 11.8 Å². The van der Waals surface area contributed by atoms with Crippen molar-refractivity contribution in [1.29, 1.82) is 0 Å². The van der Waals surface area contributed by atoms with Crippen molar-refractivity contribution in [2.75, 3.05) is 44.2 Å². The number of morpholine rings is 1. The van der Waals surface area contributed by atoms with E-state index in [0.29, 0.717) is 42.1 Å². The van der Waals surface area contributed by atoms with E-state index in [9.17, 15) is 14.4 Å². The quantitative estimate of drug-likeness (QED) is 0.585. The summed E-state index contributed by atoms with van der Waals surface area (Å²) in [5, 5.41) is 1.39. The Kier molecular flexibility index (Phi) is 6.10. The van der Waals surface area contributed by atoms with Crippen LogP contribution in [-0.4, -0.2) is 84.2 Å². The number of nitrogens with zero attached hydrogens (tertiary/aromatic N) is 4. The van der Waals surface area contributed by atoms with Gasteiger partial charge in [-0.2, -0.15) is 0 Å². The maximum Gasteiger partial charge on any atom is 0.434 e. The highest BCUT2D eigenvalue weighted by Crippen LogP contribution is 2.38. The van der Waals surface area contributed by atoms with Gasteiger partial charge in [0, 0.05) is 62.8 Å². The molecule has 4 unspecified atom stereocenters. The lowest BCUT2D eigenvalue weighted by Gasteiger charge is -2.40. The summed E-state index contributed by atoms with van der Waals surface area (Å²) in [6.07, 6.45) is 3.41. The first-order valence-corrected chi connectivity index (χ1v) is 13.1. The summed E-state index contributed by atoms with van der Waals surface area (Å²) in [5.41, 5.74) is 2.50. The predicted molar refractivity (Wildman–Crippen MR) is 128 cm³/mol. The molecule has 1 saturated carbocycles. The molecule has 0 bridgehead atoms.